The van der Waals surface area contributed by atoms with Gasteiger partial charge in [-0.2, -0.15) is 4.98 Å². The maximum Gasteiger partial charge on any atom is 0.294 e. The van der Waals surface area contributed by atoms with Crippen LogP contribution in [-0.2, 0) is 5.41 Å². The van der Waals surface area contributed by atoms with Crippen LogP contribution in [0.4, 0.5) is 39.0 Å². The number of nitro benzene ring substituents is 1. The first-order valence-corrected chi connectivity index (χ1v) is 11.9. The molecule has 1 N–H and O–H groups in total. The van der Waals surface area contributed by atoms with Gasteiger partial charge in [-0.15, -0.1) is 0 Å². The van der Waals surface area contributed by atoms with Crippen molar-refractivity contribution in [3.8, 4) is 5.75 Å². The highest BCUT2D eigenvalue weighted by molar-refractivity contribution is 6.31. The van der Waals surface area contributed by atoms with Crippen molar-refractivity contribution in [3.63, 3.8) is 0 Å². The van der Waals surface area contributed by atoms with Crippen molar-refractivity contribution in [2.75, 3.05) is 41.9 Å². The van der Waals surface area contributed by atoms with Gasteiger partial charge in [-0.25, -0.2) is 14.4 Å². The number of hydrogen-bond donors (Lipinski definition) is 1. The normalized spacial score (nSPS) is 16.2. The standard InChI is InChI=1S/C24H25ClFN7O3/c1-24(2)12-32(18-9-15(25)16(26)8-14(18)24)23-28-13-27-22(30-23)29-17-10-20(33(34)35)19(11-21(17)36-3)31-6-4-5-7-31/h8-11,13H,4-7,12H2,1-3H3,(H,27,28,29,30). The van der Waals surface area contributed by atoms with E-state index in [1.165, 1.54) is 25.6 Å². The molecule has 12 heteroatoms. The lowest BCUT2D eigenvalue weighted by atomic mass is 9.87. The molecule has 0 aliphatic carbocycles. The van der Waals surface area contributed by atoms with E-state index in [2.05, 4.69) is 20.3 Å². The number of hydrogen-bond acceptors (Lipinski definition) is 9. The lowest BCUT2D eigenvalue weighted by molar-refractivity contribution is -0.384. The Kier molecular flexibility index (Phi) is 6.03. The maximum atomic E-state index is 14.2. The minimum Gasteiger partial charge on any atom is -0.494 e. The van der Waals surface area contributed by atoms with E-state index < -0.39 is 10.7 Å². The van der Waals surface area contributed by atoms with E-state index in [9.17, 15) is 14.5 Å². The van der Waals surface area contributed by atoms with Gasteiger partial charge in [0.1, 0.15) is 23.6 Å². The fraction of sp³-hybridized carbons (Fsp3) is 0.375. The summed E-state index contributed by atoms with van der Waals surface area (Å²) in [5.41, 5.74) is 2.01. The molecule has 1 fully saturated rings. The molecule has 5 rings (SSSR count). The molecule has 0 unspecified atom stereocenters. The molecule has 2 aliphatic heterocycles. The summed E-state index contributed by atoms with van der Waals surface area (Å²) in [4.78, 5) is 28.4. The molecule has 36 heavy (non-hydrogen) atoms. The molecule has 3 heterocycles. The average Bonchev–Trinajstić information content (AvgIpc) is 3.46. The van der Waals surface area contributed by atoms with Crippen molar-refractivity contribution in [1.82, 2.24) is 15.0 Å². The van der Waals surface area contributed by atoms with Crippen LogP contribution in [0.3, 0.4) is 0 Å². The topological polar surface area (TPSA) is 110 Å². The molecule has 1 saturated heterocycles. The first-order valence-electron chi connectivity index (χ1n) is 11.5. The van der Waals surface area contributed by atoms with E-state index in [1.807, 2.05) is 23.6 Å². The monoisotopic (exact) mass is 513 g/mol. The fourth-order valence-corrected chi connectivity index (χ4v) is 4.98. The van der Waals surface area contributed by atoms with Gasteiger partial charge >= 0.3 is 0 Å². The molecule has 1 aromatic heterocycles. The number of fused-ring (bicyclic) bond motifs is 1. The highest BCUT2D eigenvalue weighted by Crippen LogP contribution is 2.45. The van der Waals surface area contributed by atoms with E-state index >= 15 is 0 Å². The molecule has 2 aromatic carbocycles. The predicted octanol–water partition coefficient (Wildman–Crippen LogP) is 5.35. The number of aromatic nitrogens is 3. The molecule has 0 spiro atoms. The summed E-state index contributed by atoms with van der Waals surface area (Å²) in [6.45, 7) is 6.03. The van der Waals surface area contributed by atoms with Gasteiger partial charge in [0.2, 0.25) is 11.9 Å². The van der Waals surface area contributed by atoms with E-state index in [0.29, 0.717) is 35.3 Å². The Hall–Kier alpha value is -3.73. The van der Waals surface area contributed by atoms with Crippen LogP contribution in [0, 0.1) is 15.9 Å². The molecule has 0 atom stereocenters. The molecule has 2 aliphatic rings. The maximum absolute atomic E-state index is 14.2. The smallest absolute Gasteiger partial charge is 0.294 e. The average molecular weight is 514 g/mol. The van der Waals surface area contributed by atoms with Crippen molar-refractivity contribution in [1.29, 1.82) is 0 Å². The molecule has 0 radical (unpaired) electrons. The summed E-state index contributed by atoms with van der Waals surface area (Å²) in [5.74, 6) is 0.471. The third-order valence-corrected chi connectivity index (χ3v) is 6.89. The minimum atomic E-state index is -0.477. The summed E-state index contributed by atoms with van der Waals surface area (Å²) >= 11 is 6.07. The lowest BCUT2D eigenvalue weighted by Gasteiger charge is -2.21. The van der Waals surface area contributed by atoms with E-state index in [1.54, 1.807) is 12.1 Å². The summed E-state index contributed by atoms with van der Waals surface area (Å²) in [6.07, 6.45) is 3.32. The fourth-order valence-electron chi connectivity index (χ4n) is 4.83. The van der Waals surface area contributed by atoms with Gasteiger partial charge in [0.05, 0.1) is 22.7 Å². The SMILES string of the molecule is COc1cc(N2CCCC2)c([N+](=O)[O-])cc1Nc1ncnc(N2CC(C)(C)c3cc(F)c(Cl)cc32)n1. The number of benzene rings is 2. The van der Waals surface area contributed by atoms with Crippen molar-refractivity contribution >= 4 is 46.2 Å². The zero-order chi connectivity index (χ0) is 25.6. The second-order valence-electron chi connectivity index (χ2n) is 9.48. The van der Waals surface area contributed by atoms with Crippen molar-refractivity contribution in [2.45, 2.75) is 32.1 Å². The first-order chi connectivity index (χ1) is 17.2. The molecule has 0 bridgehead atoms. The second-order valence-corrected chi connectivity index (χ2v) is 9.89. The number of nitro groups is 1. The molecule has 0 amide bonds. The molecular formula is C24H25ClFN7O3. The number of nitrogens with zero attached hydrogens (tertiary/aromatic N) is 6. The number of anilines is 5. The highest BCUT2D eigenvalue weighted by Gasteiger charge is 2.38. The van der Waals surface area contributed by atoms with Crippen LogP contribution in [0.5, 0.6) is 5.75 Å². The Balaban J connectivity index is 1.50. The number of rotatable bonds is 6. The minimum absolute atomic E-state index is 0.0130. The number of halogens is 2. The van der Waals surface area contributed by atoms with Gasteiger partial charge in [0, 0.05) is 42.9 Å². The Morgan fingerprint density at radius 3 is 2.61 bits per heavy atom. The van der Waals surface area contributed by atoms with Crippen molar-refractivity contribution in [2.24, 2.45) is 0 Å². The van der Waals surface area contributed by atoms with Gasteiger partial charge < -0.3 is 19.9 Å². The highest BCUT2D eigenvalue weighted by atomic mass is 35.5. The van der Waals surface area contributed by atoms with E-state index in [0.717, 1.165) is 31.5 Å². The van der Waals surface area contributed by atoms with Gasteiger partial charge in [-0.05, 0) is 30.5 Å². The Morgan fingerprint density at radius 2 is 1.92 bits per heavy atom. The van der Waals surface area contributed by atoms with Gasteiger partial charge in [-0.1, -0.05) is 25.4 Å². The van der Waals surface area contributed by atoms with Crippen molar-refractivity contribution < 1.29 is 14.1 Å². The zero-order valence-electron chi connectivity index (χ0n) is 20.1. The third kappa shape index (κ3) is 4.23. The van der Waals surface area contributed by atoms with Gasteiger partial charge in [-0.3, -0.25) is 10.1 Å². The third-order valence-electron chi connectivity index (χ3n) is 6.60. The van der Waals surface area contributed by atoms with Crippen LogP contribution in [0.25, 0.3) is 0 Å². The van der Waals surface area contributed by atoms with Crippen LogP contribution < -0.4 is 19.9 Å². The molecule has 0 saturated carbocycles. The van der Waals surface area contributed by atoms with E-state index in [4.69, 9.17) is 16.3 Å². The van der Waals surface area contributed by atoms with Gasteiger partial charge in [0.15, 0.2) is 0 Å². The summed E-state index contributed by atoms with van der Waals surface area (Å²) in [7, 11) is 1.51. The number of methoxy groups -OCH3 is 1. The zero-order valence-corrected chi connectivity index (χ0v) is 20.8. The Labute approximate surface area is 212 Å². The Bertz CT molecular complexity index is 1350. The largest absolute Gasteiger partial charge is 0.494 e. The number of nitrogens with one attached hydrogen (secondary N) is 1. The first kappa shape index (κ1) is 24.0. The molecule has 3 aromatic rings. The van der Waals surface area contributed by atoms with Crippen LogP contribution in [0.2, 0.25) is 5.02 Å². The van der Waals surface area contributed by atoms with Crippen LogP contribution in [-0.4, -0.2) is 46.6 Å². The summed E-state index contributed by atoms with van der Waals surface area (Å²) in [6, 6.07) is 6.13. The van der Waals surface area contributed by atoms with E-state index in [-0.39, 0.29) is 22.1 Å². The molecular weight excluding hydrogens is 489 g/mol. The summed E-state index contributed by atoms with van der Waals surface area (Å²) < 4.78 is 19.7. The second kappa shape index (κ2) is 9.05. The Morgan fingerprint density at radius 1 is 1.17 bits per heavy atom. The van der Waals surface area contributed by atoms with Crippen LogP contribution in [0.15, 0.2) is 30.6 Å². The lowest BCUT2D eigenvalue weighted by Crippen LogP contribution is -2.26. The van der Waals surface area contributed by atoms with Crippen LogP contribution in [0.1, 0.15) is 32.3 Å². The van der Waals surface area contributed by atoms with Crippen molar-refractivity contribution in [3.05, 3.63) is 57.1 Å². The predicted molar refractivity (Wildman–Crippen MR) is 136 cm³/mol. The summed E-state index contributed by atoms with van der Waals surface area (Å²) in [5, 5.41) is 14.9. The van der Waals surface area contributed by atoms with Gasteiger partial charge in [0.25, 0.3) is 5.69 Å². The quantitative estimate of drug-likeness (QED) is 0.344. The molecule has 10 nitrogen and oxygen atoms in total. The van der Waals surface area contributed by atoms with Crippen LogP contribution >= 0.6 is 11.6 Å². The molecule has 188 valence electrons. The number of ether oxygens (including phenoxy) is 1.